The maximum absolute atomic E-state index is 17.3. The predicted octanol–water partition coefficient (Wildman–Crippen LogP) is 6.36. The lowest BCUT2D eigenvalue weighted by atomic mass is 9.53. The van der Waals surface area contributed by atoms with Crippen LogP contribution in [0.4, 0.5) is 14.6 Å². The Morgan fingerprint density at radius 2 is 1.87 bits per heavy atom. The van der Waals surface area contributed by atoms with Crippen LogP contribution in [0.25, 0.3) is 32.9 Å². The Kier molecular flexibility index (Phi) is 8.59. The summed E-state index contributed by atoms with van der Waals surface area (Å²) in [7, 11) is 1.41. The smallest absolute Gasteiger partial charge is 0.319 e. The van der Waals surface area contributed by atoms with Crippen LogP contribution in [-0.4, -0.2) is 94.8 Å². The van der Waals surface area contributed by atoms with Crippen LogP contribution in [0.1, 0.15) is 69.8 Å². The average Bonchev–Trinajstić information content (AvgIpc) is 3.44. The van der Waals surface area contributed by atoms with Crippen LogP contribution in [0.5, 0.6) is 17.6 Å². The van der Waals surface area contributed by atoms with E-state index in [0.717, 1.165) is 38.6 Å². The van der Waals surface area contributed by atoms with E-state index >= 15 is 8.78 Å². The third kappa shape index (κ3) is 5.74. The van der Waals surface area contributed by atoms with Gasteiger partial charge in [-0.3, -0.25) is 4.90 Å². The maximum Gasteiger partial charge on any atom is 0.319 e. The molecule has 2 aliphatic heterocycles. The van der Waals surface area contributed by atoms with Crippen LogP contribution in [0.3, 0.4) is 0 Å². The fourth-order valence-electron chi connectivity index (χ4n) is 10.3. The van der Waals surface area contributed by atoms with Gasteiger partial charge < -0.3 is 29.3 Å². The molecule has 5 fully saturated rings. The Labute approximate surface area is 307 Å². The van der Waals surface area contributed by atoms with Crippen LogP contribution in [0.15, 0.2) is 24.3 Å². The summed E-state index contributed by atoms with van der Waals surface area (Å²) in [5.74, 6) is 1.02. The number of pyridine rings is 1. The van der Waals surface area contributed by atoms with Gasteiger partial charge in [0.25, 0.3) is 0 Å². The van der Waals surface area contributed by atoms with Gasteiger partial charge in [0.2, 0.25) is 5.88 Å². The quantitative estimate of drug-likeness (QED) is 0.209. The third-order valence-corrected chi connectivity index (χ3v) is 13.0. The molecule has 53 heavy (non-hydrogen) atoms. The lowest BCUT2D eigenvalue weighted by molar-refractivity contribution is -0.106. The molecular weight excluding hydrogens is 680 g/mol. The maximum atomic E-state index is 17.3. The summed E-state index contributed by atoms with van der Waals surface area (Å²) in [6.45, 7) is 2.52. The zero-order valence-electron chi connectivity index (χ0n) is 30.0. The zero-order chi connectivity index (χ0) is 36.5. The second kappa shape index (κ2) is 13.2. The summed E-state index contributed by atoms with van der Waals surface area (Å²) in [6, 6.07) is 6.51. The van der Waals surface area contributed by atoms with Crippen molar-refractivity contribution in [3.63, 3.8) is 0 Å². The first kappa shape index (κ1) is 34.5. The molecule has 4 heterocycles. The molecule has 2 aromatic heterocycles. The van der Waals surface area contributed by atoms with E-state index in [4.69, 9.17) is 30.6 Å². The summed E-state index contributed by atoms with van der Waals surface area (Å²) < 4.78 is 50.3. The Morgan fingerprint density at radius 3 is 2.64 bits per heavy atom. The van der Waals surface area contributed by atoms with Crippen LogP contribution in [-0.2, 0) is 4.74 Å². The van der Waals surface area contributed by atoms with Crippen LogP contribution < -0.4 is 14.4 Å². The molecule has 0 amide bonds. The first-order valence-electron chi connectivity index (χ1n) is 19.0. The number of aliphatic hydroxyl groups excluding tert-OH is 1. The van der Waals surface area contributed by atoms with E-state index in [1.807, 2.05) is 4.90 Å². The number of rotatable bonds is 7. The second-order valence-corrected chi connectivity index (χ2v) is 16.0. The van der Waals surface area contributed by atoms with Gasteiger partial charge in [0.15, 0.2) is 5.82 Å². The van der Waals surface area contributed by atoms with Crippen LogP contribution >= 0.6 is 0 Å². The number of ether oxygens (including phenoxy) is 3. The van der Waals surface area contributed by atoms with Crippen molar-refractivity contribution in [2.75, 3.05) is 51.5 Å². The molecule has 0 bridgehead atoms. The Morgan fingerprint density at radius 1 is 1.04 bits per heavy atom. The number of phenolic OH excluding ortho intramolecular Hbond substituents is 1. The SMILES string of the molecule is C#Cc1c(F)ccc2cc(O)cc(-c3nc(OC)c4c(N5CCOCC(O)C5)nc(OCC56CCCC5N(C5CC7(CCC7)C5)CCC6)nc4c3F)c12. The largest absolute Gasteiger partial charge is 0.508 e. The number of aromatic nitrogens is 3. The number of β-amino-alcohol motifs (C(OH)–C–C–N with tert-alkyl or cyclic N) is 1. The number of phenols is 1. The molecule has 10 nitrogen and oxygen atoms in total. The number of fused-ring (bicyclic) bond motifs is 3. The van der Waals surface area contributed by atoms with Gasteiger partial charge in [0, 0.05) is 41.5 Å². The highest BCUT2D eigenvalue weighted by Gasteiger charge is 2.56. The van der Waals surface area contributed by atoms with Gasteiger partial charge in [-0.25, -0.2) is 13.8 Å². The standard InChI is InChI=1S/C41H45F2N5O5/c1-3-28-30(42)9-8-24-17-26(49)18-29(32(24)28)35-34(43)36-33(38(44-35)51-2)37(47-15-16-52-22-27(50)21-47)46-39(45-36)53-23-41-12-4-7-31(41)48(14-6-13-41)25-19-40(20-25)10-5-11-40/h1,8-9,17-18,25,27,31,49-50H,4-7,10-16,19-23H2,2H3. The molecule has 278 valence electrons. The molecule has 1 spiro atoms. The Bertz CT molecular complexity index is 2130. The van der Waals surface area contributed by atoms with Gasteiger partial charge in [0.05, 0.1) is 38.6 Å². The summed E-state index contributed by atoms with van der Waals surface area (Å²) >= 11 is 0. The zero-order valence-corrected chi connectivity index (χ0v) is 30.0. The molecule has 2 N–H and O–H groups in total. The summed E-state index contributed by atoms with van der Waals surface area (Å²) in [4.78, 5) is 18.8. The number of terminal acetylenes is 1. The number of hydrogen-bond acceptors (Lipinski definition) is 10. The third-order valence-electron chi connectivity index (χ3n) is 13.0. The highest BCUT2D eigenvalue weighted by molar-refractivity contribution is 6.04. The molecule has 5 aliphatic rings. The van der Waals surface area contributed by atoms with Crippen molar-refractivity contribution in [1.82, 2.24) is 19.9 Å². The molecule has 2 aromatic carbocycles. The molecule has 2 saturated heterocycles. The van der Waals surface area contributed by atoms with E-state index in [2.05, 4.69) is 15.8 Å². The van der Waals surface area contributed by atoms with Crippen molar-refractivity contribution in [3.05, 3.63) is 41.5 Å². The Balaban J connectivity index is 1.15. The van der Waals surface area contributed by atoms with Crippen molar-refractivity contribution in [3.8, 4) is 41.2 Å². The molecule has 9 rings (SSSR count). The van der Waals surface area contributed by atoms with Gasteiger partial charge in [-0.2, -0.15) is 9.97 Å². The molecule has 3 saturated carbocycles. The number of benzene rings is 2. The van der Waals surface area contributed by atoms with Crippen molar-refractivity contribution in [1.29, 1.82) is 0 Å². The van der Waals surface area contributed by atoms with Crippen molar-refractivity contribution >= 4 is 27.5 Å². The van der Waals surface area contributed by atoms with E-state index in [0.29, 0.717) is 48.5 Å². The summed E-state index contributed by atoms with van der Waals surface area (Å²) in [6.07, 6.45) is 17.2. The molecule has 4 aromatic rings. The minimum absolute atomic E-state index is 0.00913. The summed E-state index contributed by atoms with van der Waals surface area (Å²) in [5, 5.41) is 22.3. The lowest BCUT2D eigenvalue weighted by Gasteiger charge is -2.60. The van der Waals surface area contributed by atoms with Crippen molar-refractivity contribution in [2.24, 2.45) is 10.8 Å². The molecule has 12 heteroatoms. The van der Waals surface area contributed by atoms with Gasteiger partial charge >= 0.3 is 6.01 Å². The number of hydrogen-bond donors (Lipinski definition) is 2. The van der Waals surface area contributed by atoms with Gasteiger partial charge in [0.1, 0.15) is 34.0 Å². The normalized spacial score (nSPS) is 25.8. The van der Waals surface area contributed by atoms with Crippen LogP contribution in [0.2, 0.25) is 0 Å². The fourth-order valence-corrected chi connectivity index (χ4v) is 10.3. The van der Waals surface area contributed by atoms with E-state index in [1.54, 1.807) is 0 Å². The molecule has 3 aliphatic carbocycles. The van der Waals surface area contributed by atoms with Crippen LogP contribution in [0, 0.1) is 34.8 Å². The number of anilines is 1. The van der Waals surface area contributed by atoms with Gasteiger partial charge in [-0.15, -0.1) is 6.42 Å². The van der Waals surface area contributed by atoms with E-state index in [-0.39, 0.29) is 69.3 Å². The number of halogens is 2. The monoisotopic (exact) mass is 725 g/mol. The van der Waals surface area contributed by atoms with Gasteiger partial charge in [-0.05, 0) is 86.9 Å². The van der Waals surface area contributed by atoms with E-state index in [1.165, 1.54) is 63.5 Å². The van der Waals surface area contributed by atoms with Crippen molar-refractivity contribution < 1.29 is 33.2 Å². The predicted molar refractivity (Wildman–Crippen MR) is 196 cm³/mol. The molecule has 0 radical (unpaired) electrons. The number of likely N-dealkylation sites (tertiary alicyclic amines) is 1. The second-order valence-electron chi connectivity index (χ2n) is 16.0. The minimum atomic E-state index is -0.837. The topological polar surface area (TPSA) is 113 Å². The molecule has 3 atom stereocenters. The van der Waals surface area contributed by atoms with E-state index in [9.17, 15) is 10.2 Å². The minimum Gasteiger partial charge on any atom is -0.508 e. The fraction of sp³-hybridized carbons (Fsp3) is 0.537. The number of piperidine rings is 1. The van der Waals surface area contributed by atoms with E-state index < -0.39 is 17.7 Å². The highest BCUT2D eigenvalue weighted by Crippen LogP contribution is 2.60. The number of aromatic hydroxyl groups is 1. The number of nitrogens with zero attached hydrogens (tertiary/aromatic N) is 5. The van der Waals surface area contributed by atoms with Crippen molar-refractivity contribution in [2.45, 2.75) is 82.4 Å². The first-order valence-corrected chi connectivity index (χ1v) is 19.0. The average molecular weight is 726 g/mol. The highest BCUT2D eigenvalue weighted by atomic mass is 19.1. The first-order chi connectivity index (χ1) is 25.7. The molecule has 3 unspecified atom stereocenters. The number of aliphatic hydroxyl groups is 1. The Hall–Kier alpha value is -4.31. The summed E-state index contributed by atoms with van der Waals surface area (Å²) in [5.41, 5.74) is 0.200. The number of methoxy groups -OCH3 is 1. The van der Waals surface area contributed by atoms with Gasteiger partial charge in [-0.1, -0.05) is 24.8 Å². The molecular formula is C41H45F2N5O5. The lowest BCUT2D eigenvalue weighted by Crippen LogP contribution is -2.61.